The average Bonchev–Trinajstić information content (AvgIpc) is 3.37. The second kappa shape index (κ2) is 11.1. The monoisotopic (exact) mass is 547 g/mol. The highest BCUT2D eigenvalue weighted by atomic mass is 32.2. The van der Waals surface area contributed by atoms with Crippen LogP contribution in [0, 0.1) is 11.8 Å². The number of anilines is 1. The molecule has 5 rings (SSSR count). The van der Waals surface area contributed by atoms with Gasteiger partial charge in [-0.15, -0.1) is 11.3 Å². The molecule has 1 saturated heterocycles. The summed E-state index contributed by atoms with van der Waals surface area (Å²) in [5, 5.41) is 5.14. The first-order chi connectivity index (χ1) is 18.3. The number of aromatic nitrogens is 1. The van der Waals surface area contributed by atoms with Crippen LogP contribution in [0.15, 0.2) is 89.1 Å². The van der Waals surface area contributed by atoms with Crippen molar-refractivity contribution in [3.63, 3.8) is 0 Å². The van der Waals surface area contributed by atoms with Crippen molar-refractivity contribution in [1.82, 2.24) is 9.29 Å². The molecule has 1 aliphatic rings. The number of nitrogens with one attached hydrogen (secondary N) is 1. The number of hydrogen-bond acceptors (Lipinski definition) is 6. The molecule has 1 fully saturated rings. The summed E-state index contributed by atoms with van der Waals surface area (Å²) in [7, 11) is -3.60. The summed E-state index contributed by atoms with van der Waals surface area (Å²) >= 11 is 1.32. The van der Waals surface area contributed by atoms with Gasteiger partial charge in [0.2, 0.25) is 10.0 Å². The van der Waals surface area contributed by atoms with Gasteiger partial charge >= 0.3 is 0 Å². The van der Waals surface area contributed by atoms with E-state index < -0.39 is 10.0 Å². The number of carbonyl (C=O) groups excluding carboxylic acids is 1. The van der Waals surface area contributed by atoms with Crippen LogP contribution in [-0.4, -0.2) is 36.7 Å². The fraction of sp³-hybridized carbons (Fsp3) is 0.241. The standard InChI is InChI=1S/C29H29N3O4S2/c1-20-16-21(2)18-32(17-20)38(34,35)26-14-10-23(11-15-26)28(33)31-29-30-27(19-37-29)22-8-12-25(13-9-22)36-24-6-4-3-5-7-24/h3-15,19-21H,16-18H2,1-2H3,(H,30,31,33)/t20-,21-/m1/s1. The summed E-state index contributed by atoms with van der Waals surface area (Å²) in [5.41, 5.74) is 2.00. The smallest absolute Gasteiger partial charge is 0.257 e. The topological polar surface area (TPSA) is 88.6 Å². The Morgan fingerprint density at radius 3 is 2.21 bits per heavy atom. The number of nitrogens with zero attached hydrogens (tertiary/aromatic N) is 2. The molecule has 0 unspecified atom stereocenters. The van der Waals surface area contributed by atoms with Gasteiger partial charge < -0.3 is 4.74 Å². The number of carbonyl (C=O) groups is 1. The number of ether oxygens (including phenoxy) is 1. The van der Waals surface area contributed by atoms with Crippen LogP contribution < -0.4 is 10.1 Å². The van der Waals surface area contributed by atoms with Gasteiger partial charge in [-0.05, 0) is 78.9 Å². The number of rotatable bonds is 7. The molecule has 2 heterocycles. The maximum Gasteiger partial charge on any atom is 0.257 e. The van der Waals surface area contributed by atoms with E-state index in [9.17, 15) is 13.2 Å². The molecule has 1 amide bonds. The normalized spacial score (nSPS) is 18.2. The first kappa shape index (κ1) is 26.1. The lowest BCUT2D eigenvalue weighted by molar-refractivity contribution is 0.102. The van der Waals surface area contributed by atoms with Crippen molar-refractivity contribution in [2.75, 3.05) is 18.4 Å². The van der Waals surface area contributed by atoms with Gasteiger partial charge in [-0.25, -0.2) is 13.4 Å². The Morgan fingerprint density at radius 1 is 0.921 bits per heavy atom. The van der Waals surface area contributed by atoms with Crippen molar-refractivity contribution in [1.29, 1.82) is 0 Å². The maximum atomic E-state index is 13.1. The molecule has 3 aromatic carbocycles. The Balaban J connectivity index is 1.22. The molecule has 1 N–H and O–H groups in total. The van der Waals surface area contributed by atoms with E-state index in [2.05, 4.69) is 24.1 Å². The summed E-state index contributed by atoms with van der Waals surface area (Å²) in [6.07, 6.45) is 1.03. The Kier molecular flexibility index (Phi) is 7.60. The zero-order valence-electron chi connectivity index (χ0n) is 21.2. The first-order valence-electron chi connectivity index (χ1n) is 12.5. The molecular formula is C29H29N3O4S2. The van der Waals surface area contributed by atoms with E-state index in [0.717, 1.165) is 29.2 Å². The minimum absolute atomic E-state index is 0.201. The van der Waals surface area contributed by atoms with Crippen molar-refractivity contribution in [3.05, 3.63) is 89.8 Å². The molecule has 0 bridgehead atoms. The van der Waals surface area contributed by atoms with E-state index >= 15 is 0 Å². The van der Waals surface area contributed by atoms with Crippen LogP contribution >= 0.6 is 11.3 Å². The number of hydrogen-bond donors (Lipinski definition) is 1. The summed E-state index contributed by atoms with van der Waals surface area (Å²) in [6, 6.07) is 23.2. The van der Waals surface area contributed by atoms with Gasteiger partial charge in [-0.2, -0.15) is 4.31 Å². The quantitative estimate of drug-likeness (QED) is 0.285. The van der Waals surface area contributed by atoms with Gasteiger partial charge in [0.1, 0.15) is 11.5 Å². The van der Waals surface area contributed by atoms with Crippen molar-refractivity contribution in [2.24, 2.45) is 11.8 Å². The number of amides is 1. The average molecular weight is 548 g/mol. The van der Waals surface area contributed by atoms with Crippen LogP contribution in [0.2, 0.25) is 0 Å². The zero-order valence-corrected chi connectivity index (χ0v) is 22.8. The molecular weight excluding hydrogens is 518 g/mol. The van der Waals surface area contributed by atoms with Gasteiger partial charge in [0.05, 0.1) is 10.6 Å². The molecule has 0 radical (unpaired) electrons. The summed E-state index contributed by atoms with van der Waals surface area (Å²) < 4.78 is 33.6. The molecule has 2 atom stereocenters. The molecule has 1 aromatic heterocycles. The van der Waals surface area contributed by atoms with Crippen molar-refractivity contribution in [2.45, 2.75) is 25.2 Å². The van der Waals surface area contributed by atoms with E-state index in [0.29, 0.717) is 35.6 Å². The minimum Gasteiger partial charge on any atom is -0.457 e. The number of para-hydroxylation sites is 1. The molecule has 7 nitrogen and oxygen atoms in total. The third-order valence-corrected chi connectivity index (χ3v) is 9.05. The van der Waals surface area contributed by atoms with Gasteiger partial charge in [-0.3, -0.25) is 10.1 Å². The number of sulfonamides is 1. The Labute approximate surface area is 227 Å². The van der Waals surface area contributed by atoms with Crippen LogP contribution in [0.1, 0.15) is 30.6 Å². The number of piperidine rings is 1. The Hall–Kier alpha value is -3.53. The number of thiazole rings is 1. The van der Waals surface area contributed by atoms with Gasteiger partial charge in [0, 0.05) is 29.6 Å². The van der Waals surface area contributed by atoms with Crippen molar-refractivity contribution < 1.29 is 17.9 Å². The molecule has 9 heteroatoms. The fourth-order valence-electron chi connectivity index (χ4n) is 4.68. The summed E-state index contributed by atoms with van der Waals surface area (Å²) in [4.78, 5) is 17.5. The Morgan fingerprint density at radius 2 is 1.55 bits per heavy atom. The van der Waals surface area contributed by atoms with Crippen LogP contribution in [0.25, 0.3) is 11.3 Å². The fourth-order valence-corrected chi connectivity index (χ4v) is 7.08. The second-order valence-electron chi connectivity index (χ2n) is 9.72. The third-order valence-electron chi connectivity index (χ3n) is 6.44. The van der Waals surface area contributed by atoms with Crippen LogP contribution in [0.5, 0.6) is 11.5 Å². The molecule has 0 spiro atoms. The maximum absolute atomic E-state index is 13.1. The highest BCUT2D eigenvalue weighted by Crippen LogP contribution is 2.29. The van der Waals surface area contributed by atoms with Crippen LogP contribution in [0.3, 0.4) is 0 Å². The SMILES string of the molecule is C[C@@H]1C[C@@H](C)CN(S(=O)(=O)c2ccc(C(=O)Nc3nc(-c4ccc(Oc5ccccc5)cc4)cs3)cc2)C1. The van der Waals surface area contributed by atoms with Crippen LogP contribution in [0.4, 0.5) is 5.13 Å². The molecule has 0 saturated carbocycles. The summed E-state index contributed by atoms with van der Waals surface area (Å²) in [6.45, 7) is 5.18. The summed E-state index contributed by atoms with van der Waals surface area (Å²) in [5.74, 6) is 1.78. The van der Waals surface area contributed by atoms with E-state index in [1.165, 1.54) is 23.5 Å². The Bertz CT molecular complexity index is 1490. The van der Waals surface area contributed by atoms with Crippen molar-refractivity contribution >= 4 is 32.4 Å². The lowest BCUT2D eigenvalue weighted by Gasteiger charge is -2.34. The van der Waals surface area contributed by atoms with E-state index in [4.69, 9.17) is 4.74 Å². The van der Waals surface area contributed by atoms with Gasteiger partial charge in [0.15, 0.2) is 5.13 Å². The van der Waals surface area contributed by atoms with Gasteiger partial charge in [-0.1, -0.05) is 32.0 Å². The van der Waals surface area contributed by atoms with E-state index in [1.807, 2.05) is 60.0 Å². The molecule has 196 valence electrons. The predicted molar refractivity (Wildman–Crippen MR) is 150 cm³/mol. The number of benzene rings is 3. The van der Waals surface area contributed by atoms with E-state index in [-0.39, 0.29) is 10.8 Å². The highest BCUT2D eigenvalue weighted by molar-refractivity contribution is 7.89. The predicted octanol–water partition coefficient (Wildman–Crippen LogP) is 6.52. The van der Waals surface area contributed by atoms with Crippen molar-refractivity contribution in [3.8, 4) is 22.8 Å². The lowest BCUT2D eigenvalue weighted by Crippen LogP contribution is -2.42. The highest BCUT2D eigenvalue weighted by Gasteiger charge is 2.31. The second-order valence-corrected chi connectivity index (χ2v) is 12.5. The lowest BCUT2D eigenvalue weighted by atomic mass is 9.94. The first-order valence-corrected chi connectivity index (χ1v) is 14.8. The van der Waals surface area contributed by atoms with Gasteiger partial charge in [0.25, 0.3) is 5.91 Å². The molecule has 0 aliphatic carbocycles. The molecule has 38 heavy (non-hydrogen) atoms. The molecule has 1 aliphatic heterocycles. The zero-order chi connectivity index (χ0) is 26.7. The minimum atomic E-state index is -3.60. The van der Waals surface area contributed by atoms with E-state index in [1.54, 1.807) is 16.4 Å². The molecule has 4 aromatic rings. The largest absolute Gasteiger partial charge is 0.457 e. The third kappa shape index (κ3) is 5.96. The van der Waals surface area contributed by atoms with Crippen LogP contribution in [-0.2, 0) is 10.0 Å².